The number of hydrogen-bond acceptors (Lipinski definition) is 3. The van der Waals surface area contributed by atoms with Crippen molar-refractivity contribution in [2.75, 3.05) is 0 Å². The summed E-state index contributed by atoms with van der Waals surface area (Å²) in [4.78, 5) is 0. The van der Waals surface area contributed by atoms with Gasteiger partial charge in [0.05, 0.1) is 62.7 Å². The lowest BCUT2D eigenvalue weighted by Crippen LogP contribution is -1.99. The zero-order chi connectivity index (χ0) is 33.8. The van der Waals surface area contributed by atoms with E-state index in [1.54, 1.807) is 0 Å². The Morgan fingerprint density at radius 1 is 0.360 bits per heavy atom. The number of fused-ring (bicyclic) bond motifs is 6. The van der Waals surface area contributed by atoms with Crippen molar-refractivity contribution < 1.29 is 0 Å². The predicted octanol–water partition coefficient (Wildman–Crippen LogP) is 10.8. The van der Waals surface area contributed by atoms with Gasteiger partial charge in [-0.25, -0.2) is 0 Å². The largest absolute Gasteiger partial charge is 0.309 e. The Labute approximate surface area is 287 Å². The molecular weight excluding hydrogens is 611 g/mol. The van der Waals surface area contributed by atoms with Crippen LogP contribution in [0.2, 0.25) is 0 Å². The van der Waals surface area contributed by atoms with Crippen molar-refractivity contribution in [1.29, 1.82) is 15.8 Å². The summed E-state index contributed by atoms with van der Waals surface area (Å²) in [5, 5.41) is 33.8. The minimum Gasteiger partial charge on any atom is -0.309 e. The summed E-state index contributed by atoms with van der Waals surface area (Å²) in [6.07, 6.45) is 0. The first-order valence-electron chi connectivity index (χ1n) is 16.3. The van der Waals surface area contributed by atoms with Crippen LogP contribution < -0.4 is 0 Å². The molecule has 50 heavy (non-hydrogen) atoms. The van der Waals surface area contributed by atoms with Gasteiger partial charge in [0.2, 0.25) is 0 Å². The quantitative estimate of drug-likeness (QED) is 0.193. The van der Waals surface area contributed by atoms with Crippen LogP contribution in [0.25, 0.3) is 77.2 Å². The van der Waals surface area contributed by atoms with Crippen molar-refractivity contribution in [2.45, 2.75) is 0 Å². The summed E-state index contributed by atoms with van der Waals surface area (Å²) >= 11 is 0. The van der Waals surface area contributed by atoms with E-state index in [1.165, 1.54) is 10.8 Å². The van der Waals surface area contributed by atoms with Gasteiger partial charge in [0.15, 0.2) is 0 Å². The molecule has 0 atom stereocenters. The number of hydrogen-bond donors (Lipinski definition) is 0. The van der Waals surface area contributed by atoms with Crippen LogP contribution in [0.3, 0.4) is 0 Å². The fourth-order valence-electron chi connectivity index (χ4n) is 7.42. The Kier molecular flexibility index (Phi) is 6.56. The van der Waals surface area contributed by atoms with Crippen molar-refractivity contribution in [2.24, 2.45) is 0 Å². The van der Waals surface area contributed by atoms with Crippen LogP contribution >= 0.6 is 0 Å². The highest BCUT2D eigenvalue weighted by Gasteiger charge is 2.19. The van der Waals surface area contributed by atoms with Crippen LogP contribution in [0.5, 0.6) is 0 Å². The number of rotatable bonds is 4. The third-order valence-electron chi connectivity index (χ3n) is 9.60. The van der Waals surface area contributed by atoms with E-state index in [2.05, 4.69) is 118 Å². The van der Waals surface area contributed by atoms with E-state index in [1.807, 2.05) is 60.7 Å². The Morgan fingerprint density at radius 3 is 1.68 bits per heavy atom. The molecule has 0 aliphatic rings. The molecule has 0 spiro atoms. The lowest BCUT2D eigenvalue weighted by atomic mass is 9.92. The Hall–Kier alpha value is -7.39. The molecule has 2 heterocycles. The molecule has 0 aliphatic heterocycles. The highest BCUT2D eigenvalue weighted by molar-refractivity contribution is 6.11. The molecule has 5 nitrogen and oxygen atoms in total. The third-order valence-corrected chi connectivity index (χ3v) is 9.60. The van der Waals surface area contributed by atoms with Gasteiger partial charge in [0.1, 0.15) is 0 Å². The summed E-state index contributed by atoms with van der Waals surface area (Å²) < 4.78 is 4.47. The standard InChI is InChI=1S/C45H25N5/c46-26-29-18-21-44(50-41-14-5-3-12-36(41)37-13-4-6-15-42(37)50)39(22-29)35-11-2-1-10-34(35)32-8-7-9-33(25-32)49-43-20-17-30(27-47)23-40(43)38-19-16-31(28-48)24-45(38)49/h1-25H. The maximum Gasteiger partial charge on any atom is 0.0992 e. The molecule has 7 aromatic carbocycles. The van der Waals surface area contributed by atoms with Gasteiger partial charge >= 0.3 is 0 Å². The zero-order valence-electron chi connectivity index (χ0n) is 26.7. The third kappa shape index (κ3) is 4.38. The lowest BCUT2D eigenvalue weighted by Gasteiger charge is -2.18. The average molecular weight is 636 g/mol. The molecule has 0 amide bonds. The Bertz CT molecular complexity index is 2920. The molecule has 0 radical (unpaired) electrons. The molecule has 9 aromatic rings. The molecule has 9 rings (SSSR count). The van der Waals surface area contributed by atoms with Crippen LogP contribution in [0.15, 0.2) is 152 Å². The summed E-state index contributed by atoms with van der Waals surface area (Å²) in [5.41, 5.74) is 11.7. The molecule has 5 heteroatoms. The normalized spacial score (nSPS) is 11.1. The minimum absolute atomic E-state index is 0.568. The lowest BCUT2D eigenvalue weighted by molar-refractivity contribution is 1.18. The molecular formula is C45H25N5. The van der Waals surface area contributed by atoms with Crippen LogP contribution in [-0.2, 0) is 0 Å². The van der Waals surface area contributed by atoms with Crippen LogP contribution in [0.4, 0.5) is 0 Å². The van der Waals surface area contributed by atoms with Crippen molar-refractivity contribution in [1.82, 2.24) is 9.13 Å². The zero-order valence-corrected chi connectivity index (χ0v) is 26.7. The molecule has 0 aliphatic carbocycles. The maximum absolute atomic E-state index is 10.0. The molecule has 0 saturated carbocycles. The fraction of sp³-hybridized carbons (Fsp3) is 0. The predicted molar refractivity (Wildman–Crippen MR) is 200 cm³/mol. The summed E-state index contributed by atoms with van der Waals surface area (Å²) in [7, 11) is 0. The van der Waals surface area contributed by atoms with Crippen molar-refractivity contribution in [3.63, 3.8) is 0 Å². The van der Waals surface area contributed by atoms with Gasteiger partial charge < -0.3 is 9.13 Å². The second-order valence-corrected chi connectivity index (χ2v) is 12.3. The van der Waals surface area contributed by atoms with Gasteiger partial charge in [-0.1, -0.05) is 78.9 Å². The number of nitrogens with zero attached hydrogens (tertiary/aromatic N) is 5. The maximum atomic E-state index is 10.0. The smallest absolute Gasteiger partial charge is 0.0992 e. The second kappa shape index (κ2) is 11.4. The SMILES string of the molecule is N#Cc1ccc(-n2c3ccccc3c3ccccc32)c(-c2ccccc2-c2cccc(-n3c4ccc(C#N)cc4c4ccc(C#N)cc43)c2)c1. The van der Waals surface area contributed by atoms with E-state index in [0.29, 0.717) is 16.7 Å². The highest BCUT2D eigenvalue weighted by atomic mass is 15.0. The first kappa shape index (κ1) is 28.8. The van der Waals surface area contributed by atoms with Crippen molar-refractivity contribution in [3.05, 3.63) is 168 Å². The molecule has 0 saturated heterocycles. The highest BCUT2D eigenvalue weighted by Crippen LogP contribution is 2.41. The molecule has 230 valence electrons. The van der Waals surface area contributed by atoms with E-state index in [4.69, 9.17) is 0 Å². The molecule has 0 N–H and O–H groups in total. The first-order chi connectivity index (χ1) is 24.7. The minimum atomic E-state index is 0.568. The molecule has 0 bridgehead atoms. The average Bonchev–Trinajstić information content (AvgIpc) is 3.69. The van der Waals surface area contributed by atoms with E-state index in [0.717, 1.165) is 66.5 Å². The monoisotopic (exact) mass is 635 g/mol. The van der Waals surface area contributed by atoms with E-state index in [-0.39, 0.29) is 0 Å². The Morgan fingerprint density at radius 2 is 0.940 bits per heavy atom. The second-order valence-electron chi connectivity index (χ2n) is 12.3. The fourth-order valence-corrected chi connectivity index (χ4v) is 7.42. The molecule has 2 aromatic heterocycles. The topological polar surface area (TPSA) is 81.2 Å². The van der Waals surface area contributed by atoms with Crippen LogP contribution in [0, 0.1) is 34.0 Å². The Balaban J connectivity index is 1.28. The van der Waals surface area contributed by atoms with Gasteiger partial charge in [0, 0.05) is 32.8 Å². The molecule has 0 unspecified atom stereocenters. The van der Waals surface area contributed by atoms with Gasteiger partial charge in [-0.2, -0.15) is 15.8 Å². The number of aromatic nitrogens is 2. The summed E-state index contributed by atoms with van der Waals surface area (Å²) in [5.74, 6) is 0. The summed E-state index contributed by atoms with van der Waals surface area (Å²) in [6.45, 7) is 0. The van der Waals surface area contributed by atoms with Gasteiger partial charge in [0.25, 0.3) is 0 Å². The molecule has 0 fully saturated rings. The summed E-state index contributed by atoms with van der Waals surface area (Å²) in [6, 6.07) is 57.9. The van der Waals surface area contributed by atoms with Gasteiger partial charge in [-0.05, 0) is 89.5 Å². The van der Waals surface area contributed by atoms with Crippen molar-refractivity contribution in [3.8, 4) is 51.8 Å². The van der Waals surface area contributed by atoms with E-state index >= 15 is 0 Å². The van der Waals surface area contributed by atoms with E-state index in [9.17, 15) is 15.8 Å². The van der Waals surface area contributed by atoms with Gasteiger partial charge in [-0.3, -0.25) is 0 Å². The first-order valence-corrected chi connectivity index (χ1v) is 16.3. The van der Waals surface area contributed by atoms with Crippen molar-refractivity contribution >= 4 is 43.6 Å². The number of nitriles is 3. The van der Waals surface area contributed by atoms with Gasteiger partial charge in [-0.15, -0.1) is 0 Å². The van der Waals surface area contributed by atoms with E-state index < -0.39 is 0 Å². The van der Waals surface area contributed by atoms with Crippen LogP contribution in [0.1, 0.15) is 16.7 Å². The number of para-hydroxylation sites is 2. The van der Waals surface area contributed by atoms with Crippen LogP contribution in [-0.4, -0.2) is 9.13 Å². The number of benzene rings is 7.